The number of piperidine rings is 1. The minimum absolute atomic E-state index is 0.328. The maximum atomic E-state index is 12.3. The highest BCUT2D eigenvalue weighted by atomic mass is 16.2. The first-order chi connectivity index (χ1) is 11.8. The smallest absolute Gasteiger partial charge is 0.223 e. The van der Waals surface area contributed by atoms with Crippen LogP contribution in [0.1, 0.15) is 37.7 Å². The Hall–Kier alpha value is -1.39. The molecule has 24 heavy (non-hydrogen) atoms. The molecule has 2 aliphatic rings. The molecule has 0 saturated carbocycles. The van der Waals surface area contributed by atoms with Crippen LogP contribution in [0.25, 0.3) is 0 Å². The molecule has 4 heteroatoms. The van der Waals surface area contributed by atoms with E-state index in [-0.39, 0.29) is 0 Å². The summed E-state index contributed by atoms with van der Waals surface area (Å²) in [5.41, 5.74) is 1.49. The van der Waals surface area contributed by atoms with Crippen LogP contribution in [-0.4, -0.2) is 61.5 Å². The maximum absolute atomic E-state index is 12.3. The third-order valence-corrected chi connectivity index (χ3v) is 5.68. The Labute approximate surface area is 146 Å². The molecule has 0 spiro atoms. The fraction of sp³-hybridized carbons (Fsp3) is 0.650. The molecule has 2 fully saturated rings. The number of carbonyl (C=O) groups is 1. The van der Waals surface area contributed by atoms with Gasteiger partial charge in [-0.15, -0.1) is 0 Å². The third kappa shape index (κ3) is 4.37. The van der Waals surface area contributed by atoms with Gasteiger partial charge in [-0.25, -0.2) is 0 Å². The van der Waals surface area contributed by atoms with Crippen molar-refractivity contribution in [2.75, 3.05) is 45.8 Å². The van der Waals surface area contributed by atoms with E-state index in [0.29, 0.717) is 24.2 Å². The molecule has 2 saturated heterocycles. The summed E-state index contributed by atoms with van der Waals surface area (Å²) >= 11 is 0. The number of likely N-dealkylation sites (tertiary alicyclic amines) is 1. The molecular weight excluding hydrogens is 298 g/mol. The third-order valence-electron chi connectivity index (χ3n) is 5.68. The molecule has 132 valence electrons. The van der Waals surface area contributed by atoms with Crippen molar-refractivity contribution in [2.45, 2.75) is 32.1 Å². The zero-order chi connectivity index (χ0) is 16.8. The van der Waals surface area contributed by atoms with E-state index in [0.717, 1.165) is 45.8 Å². The molecule has 2 atom stereocenters. The second kappa shape index (κ2) is 8.63. The number of rotatable bonds is 5. The molecule has 2 unspecified atom stereocenters. The van der Waals surface area contributed by atoms with Gasteiger partial charge in [0.25, 0.3) is 0 Å². The first-order valence-electron chi connectivity index (χ1n) is 9.53. The minimum Gasteiger partial charge on any atom is -0.340 e. The van der Waals surface area contributed by atoms with Crippen LogP contribution in [0, 0.1) is 5.92 Å². The number of amides is 1. The van der Waals surface area contributed by atoms with E-state index in [2.05, 4.69) is 47.5 Å². The van der Waals surface area contributed by atoms with Crippen LogP contribution < -0.4 is 5.32 Å². The molecule has 0 bridgehead atoms. The fourth-order valence-electron chi connectivity index (χ4n) is 4.19. The van der Waals surface area contributed by atoms with Crippen molar-refractivity contribution in [1.29, 1.82) is 0 Å². The van der Waals surface area contributed by atoms with Gasteiger partial charge in [0.2, 0.25) is 5.91 Å². The van der Waals surface area contributed by atoms with E-state index in [4.69, 9.17) is 0 Å². The molecule has 4 nitrogen and oxygen atoms in total. The number of benzene rings is 1. The van der Waals surface area contributed by atoms with Gasteiger partial charge in [-0.2, -0.15) is 0 Å². The van der Waals surface area contributed by atoms with Crippen LogP contribution in [0.2, 0.25) is 0 Å². The summed E-state index contributed by atoms with van der Waals surface area (Å²) in [5.74, 6) is 1.71. The predicted octanol–water partition coefficient (Wildman–Crippen LogP) is 2.32. The number of carbonyl (C=O) groups excluding carboxylic acids is 1. The number of nitrogens with one attached hydrogen (secondary N) is 1. The average molecular weight is 329 g/mol. The summed E-state index contributed by atoms with van der Waals surface area (Å²) < 4.78 is 0. The Kier molecular flexibility index (Phi) is 6.27. The lowest BCUT2D eigenvalue weighted by atomic mass is 9.79. The van der Waals surface area contributed by atoms with Gasteiger partial charge in [-0.05, 0) is 30.4 Å². The number of hydrogen-bond donors (Lipinski definition) is 1. The molecule has 2 aliphatic heterocycles. The molecule has 1 aromatic rings. The summed E-state index contributed by atoms with van der Waals surface area (Å²) in [6.07, 6.45) is 3.10. The normalized spacial score (nSPS) is 25.6. The van der Waals surface area contributed by atoms with Gasteiger partial charge in [-0.1, -0.05) is 43.7 Å². The standard InChI is InChI=1S/C20H31N3O/c1-2-17-16-22(12-8-19(17)18-6-4-3-5-7-18)13-9-20(24)23-14-10-21-11-15-23/h3-7,17,19,21H,2,8-16H2,1H3. The highest BCUT2D eigenvalue weighted by Gasteiger charge is 2.29. The van der Waals surface area contributed by atoms with Gasteiger partial charge in [0.05, 0.1) is 0 Å². The number of hydrogen-bond acceptors (Lipinski definition) is 3. The highest BCUT2D eigenvalue weighted by molar-refractivity contribution is 5.76. The molecule has 0 aliphatic carbocycles. The molecule has 0 aromatic heterocycles. The zero-order valence-electron chi connectivity index (χ0n) is 14.9. The van der Waals surface area contributed by atoms with Gasteiger partial charge in [0.15, 0.2) is 0 Å². The zero-order valence-corrected chi connectivity index (χ0v) is 14.9. The Morgan fingerprint density at radius 1 is 1.17 bits per heavy atom. The van der Waals surface area contributed by atoms with E-state index >= 15 is 0 Å². The van der Waals surface area contributed by atoms with Crippen LogP contribution in [0.3, 0.4) is 0 Å². The second-order valence-electron chi connectivity index (χ2n) is 7.16. The molecule has 1 N–H and O–H groups in total. The van der Waals surface area contributed by atoms with Crippen molar-refractivity contribution >= 4 is 5.91 Å². The van der Waals surface area contributed by atoms with E-state index in [9.17, 15) is 4.79 Å². The molecule has 3 rings (SSSR count). The Balaban J connectivity index is 1.49. The molecule has 1 aromatic carbocycles. The van der Waals surface area contributed by atoms with Crippen molar-refractivity contribution in [3.05, 3.63) is 35.9 Å². The number of piperazine rings is 1. The van der Waals surface area contributed by atoms with Crippen molar-refractivity contribution < 1.29 is 4.79 Å². The fourth-order valence-corrected chi connectivity index (χ4v) is 4.19. The minimum atomic E-state index is 0.328. The molecule has 0 radical (unpaired) electrons. The molecule has 2 heterocycles. The first-order valence-corrected chi connectivity index (χ1v) is 9.53. The Morgan fingerprint density at radius 3 is 2.62 bits per heavy atom. The van der Waals surface area contributed by atoms with Crippen LogP contribution in [0.5, 0.6) is 0 Å². The van der Waals surface area contributed by atoms with Crippen LogP contribution in [0.4, 0.5) is 0 Å². The van der Waals surface area contributed by atoms with Gasteiger partial charge >= 0.3 is 0 Å². The predicted molar refractivity (Wildman–Crippen MR) is 98.1 cm³/mol. The van der Waals surface area contributed by atoms with Crippen LogP contribution in [0.15, 0.2) is 30.3 Å². The van der Waals surface area contributed by atoms with E-state index < -0.39 is 0 Å². The van der Waals surface area contributed by atoms with Gasteiger partial charge < -0.3 is 15.1 Å². The van der Waals surface area contributed by atoms with E-state index in [1.54, 1.807) is 0 Å². The highest BCUT2D eigenvalue weighted by Crippen LogP contribution is 2.34. The number of nitrogens with zero attached hydrogens (tertiary/aromatic N) is 2. The lowest BCUT2D eigenvalue weighted by Gasteiger charge is -2.39. The SMILES string of the molecule is CCC1CN(CCC(=O)N2CCNCC2)CCC1c1ccccc1. The molecule has 1 amide bonds. The summed E-state index contributed by atoms with van der Waals surface area (Å²) in [6, 6.07) is 11.0. The first kappa shape index (κ1) is 17.4. The Bertz CT molecular complexity index is 513. The maximum Gasteiger partial charge on any atom is 0.223 e. The summed E-state index contributed by atoms with van der Waals surface area (Å²) in [7, 11) is 0. The topological polar surface area (TPSA) is 35.6 Å². The van der Waals surface area contributed by atoms with E-state index in [1.807, 2.05) is 4.90 Å². The van der Waals surface area contributed by atoms with Crippen molar-refractivity contribution in [3.63, 3.8) is 0 Å². The lowest BCUT2D eigenvalue weighted by molar-refractivity contribution is -0.132. The van der Waals surface area contributed by atoms with Gasteiger partial charge in [0.1, 0.15) is 0 Å². The van der Waals surface area contributed by atoms with Gasteiger partial charge in [-0.3, -0.25) is 4.79 Å². The summed E-state index contributed by atoms with van der Waals surface area (Å²) in [4.78, 5) is 16.9. The summed E-state index contributed by atoms with van der Waals surface area (Å²) in [5, 5.41) is 3.30. The van der Waals surface area contributed by atoms with Crippen molar-refractivity contribution in [2.24, 2.45) is 5.92 Å². The van der Waals surface area contributed by atoms with Gasteiger partial charge in [0, 0.05) is 45.7 Å². The van der Waals surface area contributed by atoms with Crippen LogP contribution in [-0.2, 0) is 4.79 Å². The second-order valence-corrected chi connectivity index (χ2v) is 7.16. The quantitative estimate of drug-likeness (QED) is 0.900. The largest absolute Gasteiger partial charge is 0.340 e. The lowest BCUT2D eigenvalue weighted by Crippen LogP contribution is -2.47. The van der Waals surface area contributed by atoms with Crippen molar-refractivity contribution in [1.82, 2.24) is 15.1 Å². The van der Waals surface area contributed by atoms with Crippen LogP contribution >= 0.6 is 0 Å². The monoisotopic (exact) mass is 329 g/mol. The average Bonchev–Trinajstić information content (AvgIpc) is 2.67. The van der Waals surface area contributed by atoms with E-state index in [1.165, 1.54) is 18.4 Å². The Morgan fingerprint density at radius 2 is 1.92 bits per heavy atom. The molecular formula is C20H31N3O. The van der Waals surface area contributed by atoms with Crippen molar-refractivity contribution in [3.8, 4) is 0 Å². The summed E-state index contributed by atoms with van der Waals surface area (Å²) in [6.45, 7) is 9.07.